The fraction of sp³-hybridized carbons (Fsp3) is 0.333. The highest BCUT2D eigenvalue weighted by Crippen LogP contribution is 2.08. The Morgan fingerprint density at radius 3 is 3.23 bits per heavy atom. The predicted octanol–water partition coefficient (Wildman–Crippen LogP) is 0.621. The summed E-state index contributed by atoms with van der Waals surface area (Å²) in [5, 5.41) is 4.18. The first-order chi connectivity index (χ1) is 6.42. The topological polar surface area (TPSA) is 56.2 Å². The Morgan fingerprint density at radius 2 is 2.38 bits per heavy atom. The van der Waals surface area contributed by atoms with E-state index in [1.54, 1.807) is 10.7 Å². The molecular formula is C9H12N4. The maximum atomic E-state index is 5.44. The Balaban J connectivity index is 2.35. The molecule has 2 aromatic rings. The molecule has 0 saturated heterocycles. The van der Waals surface area contributed by atoms with E-state index in [-0.39, 0.29) is 0 Å². The molecule has 2 rings (SSSR count). The van der Waals surface area contributed by atoms with Crippen LogP contribution in [-0.2, 0) is 6.42 Å². The minimum atomic E-state index is 0.712. The molecule has 13 heavy (non-hydrogen) atoms. The van der Waals surface area contributed by atoms with E-state index in [2.05, 4.69) is 10.1 Å². The fourth-order valence-corrected chi connectivity index (χ4v) is 1.35. The summed E-state index contributed by atoms with van der Waals surface area (Å²) >= 11 is 0. The second kappa shape index (κ2) is 3.53. The van der Waals surface area contributed by atoms with E-state index in [0.29, 0.717) is 6.54 Å². The third kappa shape index (κ3) is 1.53. The standard InChI is InChI=1S/C9H12N4/c10-4-1-3-8-7-12-13-6-2-5-11-9(8)13/h2,5-7H,1,3-4,10H2. The number of fused-ring (bicyclic) bond motifs is 1. The molecule has 0 aromatic carbocycles. The van der Waals surface area contributed by atoms with Gasteiger partial charge in [0.15, 0.2) is 5.65 Å². The molecule has 0 radical (unpaired) electrons. The van der Waals surface area contributed by atoms with E-state index < -0.39 is 0 Å². The van der Waals surface area contributed by atoms with E-state index in [1.165, 1.54) is 5.56 Å². The third-order valence-corrected chi connectivity index (χ3v) is 2.00. The van der Waals surface area contributed by atoms with Crippen LogP contribution in [0.4, 0.5) is 0 Å². The van der Waals surface area contributed by atoms with E-state index in [9.17, 15) is 0 Å². The highest BCUT2D eigenvalue weighted by Gasteiger charge is 2.02. The molecule has 0 aliphatic rings. The molecule has 2 heterocycles. The van der Waals surface area contributed by atoms with Crippen LogP contribution in [0.25, 0.3) is 5.65 Å². The van der Waals surface area contributed by atoms with Crippen LogP contribution in [0, 0.1) is 0 Å². The highest BCUT2D eigenvalue weighted by atomic mass is 15.2. The van der Waals surface area contributed by atoms with Crippen molar-refractivity contribution in [2.45, 2.75) is 12.8 Å². The number of nitrogens with zero attached hydrogens (tertiary/aromatic N) is 3. The van der Waals surface area contributed by atoms with Gasteiger partial charge in [0.2, 0.25) is 0 Å². The van der Waals surface area contributed by atoms with Crippen molar-refractivity contribution in [3.8, 4) is 0 Å². The SMILES string of the molecule is NCCCc1cnn2cccnc12. The Bertz CT molecular complexity index is 393. The van der Waals surface area contributed by atoms with E-state index in [1.807, 2.05) is 18.5 Å². The van der Waals surface area contributed by atoms with Crippen molar-refractivity contribution >= 4 is 5.65 Å². The normalized spacial score (nSPS) is 10.8. The molecular weight excluding hydrogens is 164 g/mol. The van der Waals surface area contributed by atoms with Crippen LogP contribution in [0.3, 0.4) is 0 Å². The summed E-state index contributed by atoms with van der Waals surface area (Å²) in [5.41, 5.74) is 7.55. The van der Waals surface area contributed by atoms with Gasteiger partial charge in [0, 0.05) is 18.0 Å². The van der Waals surface area contributed by atoms with Gasteiger partial charge in [0.1, 0.15) is 0 Å². The van der Waals surface area contributed by atoms with Crippen LogP contribution < -0.4 is 5.73 Å². The van der Waals surface area contributed by atoms with E-state index >= 15 is 0 Å². The number of nitrogens with two attached hydrogens (primary N) is 1. The zero-order valence-corrected chi connectivity index (χ0v) is 7.35. The molecule has 0 fully saturated rings. The third-order valence-electron chi connectivity index (χ3n) is 2.00. The molecule has 68 valence electrons. The molecule has 0 bridgehead atoms. The van der Waals surface area contributed by atoms with Gasteiger partial charge in [-0.15, -0.1) is 0 Å². The van der Waals surface area contributed by atoms with Crippen molar-refractivity contribution in [2.24, 2.45) is 5.73 Å². The lowest BCUT2D eigenvalue weighted by Gasteiger charge is -1.95. The molecule has 2 N–H and O–H groups in total. The quantitative estimate of drug-likeness (QED) is 0.745. The van der Waals surface area contributed by atoms with Gasteiger partial charge >= 0.3 is 0 Å². The second-order valence-electron chi connectivity index (χ2n) is 2.95. The second-order valence-corrected chi connectivity index (χ2v) is 2.95. The molecule has 0 amide bonds. The predicted molar refractivity (Wildman–Crippen MR) is 50.4 cm³/mol. The highest BCUT2D eigenvalue weighted by molar-refractivity contribution is 5.45. The average molecular weight is 176 g/mol. The summed E-state index contributed by atoms with van der Waals surface area (Å²) < 4.78 is 1.78. The number of hydrogen-bond acceptors (Lipinski definition) is 3. The van der Waals surface area contributed by atoms with Gasteiger partial charge in [-0.1, -0.05) is 0 Å². The lowest BCUT2D eigenvalue weighted by atomic mass is 10.2. The minimum absolute atomic E-state index is 0.712. The van der Waals surface area contributed by atoms with Gasteiger partial charge in [-0.2, -0.15) is 5.10 Å². The van der Waals surface area contributed by atoms with Gasteiger partial charge in [-0.3, -0.25) is 0 Å². The van der Waals surface area contributed by atoms with Gasteiger partial charge in [0.25, 0.3) is 0 Å². The molecule has 0 aliphatic heterocycles. The van der Waals surface area contributed by atoms with Gasteiger partial charge in [-0.05, 0) is 25.5 Å². The molecule has 2 aromatic heterocycles. The number of rotatable bonds is 3. The van der Waals surface area contributed by atoms with Crippen molar-refractivity contribution in [2.75, 3.05) is 6.54 Å². The maximum Gasteiger partial charge on any atom is 0.158 e. The summed E-state index contributed by atoms with van der Waals surface area (Å²) in [6.45, 7) is 0.712. The molecule has 4 nitrogen and oxygen atoms in total. The van der Waals surface area contributed by atoms with Crippen molar-refractivity contribution in [3.05, 3.63) is 30.2 Å². The number of aromatic nitrogens is 3. The fourth-order valence-electron chi connectivity index (χ4n) is 1.35. The molecule has 0 saturated carbocycles. The minimum Gasteiger partial charge on any atom is -0.330 e. The summed E-state index contributed by atoms with van der Waals surface area (Å²) in [6, 6.07) is 1.87. The summed E-state index contributed by atoms with van der Waals surface area (Å²) in [5.74, 6) is 0. The van der Waals surface area contributed by atoms with Gasteiger partial charge < -0.3 is 5.73 Å². The smallest absolute Gasteiger partial charge is 0.158 e. The zero-order valence-electron chi connectivity index (χ0n) is 7.35. The first-order valence-corrected chi connectivity index (χ1v) is 4.39. The van der Waals surface area contributed by atoms with Crippen molar-refractivity contribution in [3.63, 3.8) is 0 Å². The molecule has 0 unspecified atom stereocenters. The Labute approximate surface area is 76.4 Å². The van der Waals surface area contributed by atoms with Crippen LogP contribution in [0.1, 0.15) is 12.0 Å². The van der Waals surface area contributed by atoms with Crippen LogP contribution in [0.5, 0.6) is 0 Å². The maximum absolute atomic E-state index is 5.44. The van der Waals surface area contributed by atoms with Crippen molar-refractivity contribution in [1.29, 1.82) is 0 Å². The first-order valence-electron chi connectivity index (χ1n) is 4.39. The average Bonchev–Trinajstić information content (AvgIpc) is 2.58. The van der Waals surface area contributed by atoms with Crippen molar-refractivity contribution in [1.82, 2.24) is 14.6 Å². The lowest BCUT2D eigenvalue weighted by molar-refractivity contribution is 0.835. The summed E-state index contributed by atoms with van der Waals surface area (Å²) in [6.07, 6.45) is 7.48. The largest absolute Gasteiger partial charge is 0.330 e. The van der Waals surface area contributed by atoms with Crippen LogP contribution in [0.15, 0.2) is 24.7 Å². The molecule has 0 spiro atoms. The van der Waals surface area contributed by atoms with Crippen LogP contribution in [0.2, 0.25) is 0 Å². The lowest BCUT2D eigenvalue weighted by Crippen LogP contribution is -2.00. The number of hydrogen-bond donors (Lipinski definition) is 1. The van der Waals surface area contributed by atoms with Gasteiger partial charge in [0.05, 0.1) is 6.20 Å². The molecule has 0 aliphatic carbocycles. The molecule has 0 atom stereocenters. The Kier molecular flexibility index (Phi) is 2.23. The van der Waals surface area contributed by atoms with Crippen LogP contribution >= 0.6 is 0 Å². The Hall–Kier alpha value is -1.42. The van der Waals surface area contributed by atoms with E-state index in [0.717, 1.165) is 18.5 Å². The molecule has 4 heteroatoms. The monoisotopic (exact) mass is 176 g/mol. The Morgan fingerprint density at radius 1 is 1.46 bits per heavy atom. The van der Waals surface area contributed by atoms with Crippen LogP contribution in [-0.4, -0.2) is 21.1 Å². The van der Waals surface area contributed by atoms with Crippen molar-refractivity contribution < 1.29 is 0 Å². The van der Waals surface area contributed by atoms with E-state index in [4.69, 9.17) is 5.73 Å². The zero-order chi connectivity index (χ0) is 9.10. The summed E-state index contributed by atoms with van der Waals surface area (Å²) in [4.78, 5) is 4.25. The summed E-state index contributed by atoms with van der Waals surface area (Å²) in [7, 11) is 0. The number of aryl methyl sites for hydroxylation is 1. The first kappa shape index (κ1) is 8.19. The van der Waals surface area contributed by atoms with Gasteiger partial charge in [-0.25, -0.2) is 9.50 Å².